The van der Waals surface area contributed by atoms with Gasteiger partial charge in [0.15, 0.2) is 0 Å². The van der Waals surface area contributed by atoms with Crippen LogP contribution in [0.25, 0.3) is 76.5 Å². The molecule has 2 nitrogen and oxygen atoms in total. The summed E-state index contributed by atoms with van der Waals surface area (Å²) in [6.07, 6.45) is 0. The molecular weight excluding hydrogens is 795 g/mol. The highest BCUT2D eigenvalue weighted by molar-refractivity contribution is 7.99. The van der Waals surface area contributed by atoms with Gasteiger partial charge in [0.2, 0.25) is 0 Å². The Morgan fingerprint density at radius 1 is 0.375 bits per heavy atom. The minimum Gasteiger partial charge on any atom is -0.455 e. The zero-order valence-electron chi connectivity index (χ0n) is 34.6. The second-order valence-electron chi connectivity index (χ2n) is 17.1. The monoisotopic (exact) mass is 831 g/mol. The maximum atomic E-state index is 6.80. The molecule has 64 heavy (non-hydrogen) atoms. The van der Waals surface area contributed by atoms with E-state index in [9.17, 15) is 0 Å². The summed E-state index contributed by atoms with van der Waals surface area (Å²) < 4.78 is 6.80. The summed E-state index contributed by atoms with van der Waals surface area (Å²) in [6, 6.07) is 82.7. The highest BCUT2D eigenvalue weighted by atomic mass is 32.2. The summed E-state index contributed by atoms with van der Waals surface area (Å²) in [5.74, 6) is 0. The summed E-state index contributed by atoms with van der Waals surface area (Å²) in [6.45, 7) is 0. The maximum Gasteiger partial charge on any atom is 0.143 e. The van der Waals surface area contributed by atoms with Crippen LogP contribution in [0.3, 0.4) is 0 Å². The van der Waals surface area contributed by atoms with Gasteiger partial charge >= 0.3 is 0 Å². The zero-order chi connectivity index (χ0) is 41.9. The Morgan fingerprint density at radius 3 is 1.77 bits per heavy atom. The van der Waals surface area contributed by atoms with Crippen molar-refractivity contribution < 1.29 is 4.42 Å². The third-order valence-electron chi connectivity index (χ3n) is 13.9. The Bertz CT molecular complexity index is 3850. The van der Waals surface area contributed by atoms with Gasteiger partial charge in [-0.15, -0.1) is 0 Å². The van der Waals surface area contributed by atoms with Crippen molar-refractivity contribution in [1.29, 1.82) is 0 Å². The number of rotatable bonds is 4. The van der Waals surface area contributed by atoms with Gasteiger partial charge in [-0.3, -0.25) is 0 Å². The molecule has 2 heterocycles. The van der Waals surface area contributed by atoms with E-state index in [2.05, 4.69) is 229 Å². The molecule has 0 atom stereocenters. The van der Waals surface area contributed by atoms with E-state index in [0.717, 1.165) is 44.4 Å². The molecule has 12 aromatic rings. The molecular formula is C61H37NOS. The van der Waals surface area contributed by atoms with E-state index in [4.69, 9.17) is 4.42 Å². The Balaban J connectivity index is 0.965. The van der Waals surface area contributed by atoms with Crippen molar-refractivity contribution in [1.82, 2.24) is 0 Å². The molecule has 0 fully saturated rings. The van der Waals surface area contributed by atoms with Gasteiger partial charge in [-0.05, 0) is 109 Å². The highest BCUT2D eigenvalue weighted by Crippen LogP contribution is 2.63. The van der Waals surface area contributed by atoms with Gasteiger partial charge < -0.3 is 9.32 Å². The lowest BCUT2D eigenvalue weighted by molar-refractivity contribution is 0.672. The van der Waals surface area contributed by atoms with Crippen LogP contribution in [0.2, 0.25) is 0 Å². The predicted octanol–water partition coefficient (Wildman–Crippen LogP) is 17.0. The van der Waals surface area contributed by atoms with Crippen LogP contribution >= 0.6 is 11.8 Å². The molecule has 1 aliphatic heterocycles. The van der Waals surface area contributed by atoms with Gasteiger partial charge in [-0.1, -0.05) is 188 Å². The number of nitrogens with zero attached hydrogens (tertiary/aromatic N) is 1. The lowest BCUT2D eigenvalue weighted by Crippen LogP contribution is -2.32. The first-order valence-electron chi connectivity index (χ1n) is 22.0. The highest BCUT2D eigenvalue weighted by Gasteiger charge is 2.50. The molecule has 0 radical (unpaired) electrons. The van der Waals surface area contributed by atoms with Crippen LogP contribution in [0.5, 0.6) is 0 Å². The summed E-state index contributed by atoms with van der Waals surface area (Å²) >= 11 is 1.90. The third-order valence-corrected chi connectivity index (χ3v) is 15.1. The first-order chi connectivity index (χ1) is 31.7. The molecule has 3 heteroatoms. The predicted molar refractivity (Wildman–Crippen MR) is 268 cm³/mol. The van der Waals surface area contributed by atoms with E-state index in [1.54, 1.807) is 0 Å². The van der Waals surface area contributed by atoms with Crippen molar-refractivity contribution in [2.45, 2.75) is 15.2 Å². The molecule has 2 aliphatic rings. The lowest BCUT2D eigenvalue weighted by Gasteiger charge is -2.40. The number of hydrogen-bond acceptors (Lipinski definition) is 3. The van der Waals surface area contributed by atoms with E-state index >= 15 is 0 Å². The summed E-state index contributed by atoms with van der Waals surface area (Å²) in [5.41, 5.74) is 15.1. The molecule has 0 saturated heterocycles. The van der Waals surface area contributed by atoms with Crippen LogP contribution in [0.1, 0.15) is 22.3 Å². The number of hydrogen-bond donors (Lipinski definition) is 0. The smallest absolute Gasteiger partial charge is 0.143 e. The largest absolute Gasteiger partial charge is 0.455 e. The van der Waals surface area contributed by atoms with Gasteiger partial charge in [-0.25, -0.2) is 0 Å². The molecule has 0 saturated carbocycles. The van der Waals surface area contributed by atoms with E-state index < -0.39 is 5.41 Å². The van der Waals surface area contributed by atoms with Gasteiger partial charge in [0.05, 0.1) is 11.1 Å². The van der Waals surface area contributed by atoms with Gasteiger partial charge in [0, 0.05) is 48.8 Å². The third kappa shape index (κ3) is 4.93. The fraction of sp³-hybridized carbons (Fsp3) is 0.0164. The van der Waals surface area contributed by atoms with Crippen molar-refractivity contribution in [2.24, 2.45) is 0 Å². The SMILES string of the molecule is c1ccc2c(c1)Sc1c(-c3ccc(N(c4ccc5c(c4)oc4c6ccccc6ccc54)c4cc5ccccc5c5ccccc45)cc3)cccc1C21c2ccccc2-c2ccccc21. The second kappa shape index (κ2) is 13.6. The van der Waals surface area contributed by atoms with Crippen LogP contribution in [0, 0.1) is 0 Å². The zero-order valence-corrected chi connectivity index (χ0v) is 35.4. The Kier molecular flexibility index (Phi) is 7.57. The van der Waals surface area contributed by atoms with E-state index in [-0.39, 0.29) is 0 Å². The second-order valence-corrected chi connectivity index (χ2v) is 18.2. The number of anilines is 3. The van der Waals surface area contributed by atoms with Crippen LogP contribution in [-0.2, 0) is 5.41 Å². The molecule has 1 spiro atoms. The molecule has 298 valence electrons. The van der Waals surface area contributed by atoms with Crippen molar-refractivity contribution >= 4 is 83.1 Å². The molecule has 1 aliphatic carbocycles. The quantitative estimate of drug-likeness (QED) is 0.164. The maximum absolute atomic E-state index is 6.80. The molecule has 0 bridgehead atoms. The van der Waals surface area contributed by atoms with Crippen LogP contribution in [0.4, 0.5) is 17.1 Å². The van der Waals surface area contributed by atoms with Crippen molar-refractivity contribution in [3.63, 3.8) is 0 Å². The Morgan fingerprint density at radius 2 is 0.969 bits per heavy atom. The minimum absolute atomic E-state index is 0.421. The van der Waals surface area contributed by atoms with Crippen molar-refractivity contribution in [2.75, 3.05) is 4.90 Å². The summed E-state index contributed by atoms with van der Waals surface area (Å²) in [4.78, 5) is 5.02. The topological polar surface area (TPSA) is 16.4 Å². The standard InChI is InChI=1S/C61H37NOS/c1-4-17-44-38(14-1)30-34-51-50-35-33-42(37-57(50)63-59(44)51)62(56-36-40-15-2-3-16-43(40)46-18-5-6-21-49(46)56)41-31-28-39(29-32-41)45-22-13-26-55-60(45)64-58-27-12-11-25-54(58)61(55)52-23-9-7-19-47(52)48-20-8-10-24-53(48)61/h1-37H. The molecule has 0 unspecified atom stereocenters. The molecule has 0 N–H and O–H groups in total. The fourth-order valence-electron chi connectivity index (χ4n) is 11.2. The molecule has 11 aromatic carbocycles. The molecule has 1 aromatic heterocycles. The Hall–Kier alpha value is -7.85. The average molecular weight is 832 g/mol. The normalized spacial score (nSPS) is 13.4. The first-order valence-corrected chi connectivity index (χ1v) is 22.8. The molecule has 14 rings (SSSR count). The van der Waals surface area contributed by atoms with E-state index in [0.29, 0.717) is 0 Å². The first kappa shape index (κ1) is 35.7. The van der Waals surface area contributed by atoms with Crippen molar-refractivity contribution in [3.05, 3.63) is 247 Å². The number of benzene rings is 11. The number of fused-ring (bicyclic) bond motifs is 17. The van der Waals surface area contributed by atoms with Gasteiger partial charge in [-0.2, -0.15) is 0 Å². The number of furan rings is 1. The molecule has 0 amide bonds. The average Bonchev–Trinajstić information content (AvgIpc) is 3.88. The van der Waals surface area contributed by atoms with Gasteiger partial charge in [0.1, 0.15) is 11.2 Å². The van der Waals surface area contributed by atoms with Crippen LogP contribution in [-0.4, -0.2) is 0 Å². The summed E-state index contributed by atoms with van der Waals surface area (Å²) in [7, 11) is 0. The van der Waals surface area contributed by atoms with Crippen LogP contribution < -0.4 is 4.90 Å². The van der Waals surface area contributed by atoms with Gasteiger partial charge in [0.25, 0.3) is 0 Å². The van der Waals surface area contributed by atoms with E-state index in [1.807, 2.05) is 11.8 Å². The van der Waals surface area contributed by atoms with Crippen molar-refractivity contribution in [3.8, 4) is 22.3 Å². The fourth-order valence-corrected chi connectivity index (χ4v) is 12.5. The van der Waals surface area contributed by atoms with E-state index in [1.165, 1.54) is 81.2 Å². The Labute approximate surface area is 374 Å². The summed E-state index contributed by atoms with van der Waals surface area (Å²) in [5, 5.41) is 9.41. The lowest BCUT2D eigenvalue weighted by atomic mass is 9.67. The van der Waals surface area contributed by atoms with Crippen LogP contribution in [0.15, 0.2) is 239 Å². The minimum atomic E-state index is -0.421.